The van der Waals surface area contributed by atoms with Crippen molar-refractivity contribution >= 4 is 44.8 Å². The Morgan fingerprint density at radius 3 is 2.65 bits per heavy atom. The zero-order valence-electron chi connectivity index (χ0n) is 16.9. The summed E-state index contributed by atoms with van der Waals surface area (Å²) in [4.78, 5) is 15.3. The summed E-state index contributed by atoms with van der Waals surface area (Å²) in [6.45, 7) is 3.76. The summed E-state index contributed by atoms with van der Waals surface area (Å²) in [7, 11) is -3.48. The monoisotopic (exact) mass is 485 g/mol. The molecule has 1 amide bonds. The fourth-order valence-corrected chi connectivity index (χ4v) is 7.37. The zero-order valence-corrected chi connectivity index (χ0v) is 19.2. The number of carbonyl (C=O) groups is 1. The first-order valence-corrected chi connectivity index (χ1v) is 12.5. The Kier molecular flexibility index (Phi) is 4.70. The van der Waals surface area contributed by atoms with Crippen molar-refractivity contribution in [1.29, 1.82) is 5.26 Å². The molecule has 11 heteroatoms. The largest absolute Gasteiger partial charge is 0.366 e. The van der Waals surface area contributed by atoms with E-state index in [2.05, 4.69) is 4.72 Å². The number of nitrogens with one attached hydrogen (secondary N) is 1. The molecule has 5 rings (SSSR count). The third-order valence-electron chi connectivity index (χ3n) is 7.25. The molecule has 1 spiro atoms. The number of nitrogens with zero attached hydrogens (tertiary/aromatic N) is 2. The maximum Gasteiger partial charge on any atom is 0.235 e. The Morgan fingerprint density at radius 1 is 1.35 bits per heavy atom. The van der Waals surface area contributed by atoms with E-state index in [4.69, 9.17) is 32.7 Å². The Bertz CT molecular complexity index is 1120. The van der Waals surface area contributed by atoms with Gasteiger partial charge in [-0.2, -0.15) is 5.26 Å². The molecule has 4 aliphatic rings. The number of hydrogen-bond donors (Lipinski definition) is 1. The Hall–Kier alpha value is -1.41. The predicted octanol–water partition coefficient (Wildman–Crippen LogP) is 2.43. The van der Waals surface area contributed by atoms with E-state index >= 15 is 0 Å². The highest BCUT2D eigenvalue weighted by atomic mass is 35.5. The highest BCUT2D eigenvalue weighted by molar-refractivity contribution is 7.89. The predicted molar refractivity (Wildman–Crippen MR) is 113 cm³/mol. The van der Waals surface area contributed by atoms with Crippen LogP contribution in [0.3, 0.4) is 0 Å². The third kappa shape index (κ3) is 2.82. The molecule has 1 aromatic rings. The lowest BCUT2D eigenvalue weighted by Gasteiger charge is -2.42. The van der Waals surface area contributed by atoms with Gasteiger partial charge in [0.05, 0.1) is 51.1 Å². The number of sulfonamides is 1. The van der Waals surface area contributed by atoms with Crippen LogP contribution in [-0.2, 0) is 24.3 Å². The molecule has 0 radical (unpaired) electrons. The highest BCUT2D eigenvalue weighted by Gasteiger charge is 2.78. The molecule has 1 N–H and O–H groups in total. The maximum atomic E-state index is 13.7. The molecule has 4 aliphatic heterocycles. The molecule has 0 aliphatic carbocycles. The van der Waals surface area contributed by atoms with Crippen molar-refractivity contribution < 1.29 is 22.7 Å². The van der Waals surface area contributed by atoms with E-state index in [0.29, 0.717) is 25.1 Å². The summed E-state index contributed by atoms with van der Waals surface area (Å²) in [6, 6.07) is 4.53. The van der Waals surface area contributed by atoms with Crippen molar-refractivity contribution in [3.05, 3.63) is 27.7 Å². The minimum Gasteiger partial charge on any atom is -0.366 e. The van der Waals surface area contributed by atoms with Gasteiger partial charge in [0.1, 0.15) is 12.3 Å². The van der Waals surface area contributed by atoms with E-state index in [1.165, 1.54) is 12.1 Å². The normalized spacial score (nSPS) is 38.4. The number of ether oxygens (including phenoxy) is 2. The van der Waals surface area contributed by atoms with Gasteiger partial charge >= 0.3 is 0 Å². The van der Waals surface area contributed by atoms with E-state index in [1.54, 1.807) is 11.8 Å². The summed E-state index contributed by atoms with van der Waals surface area (Å²) >= 11 is 12.5. The first-order chi connectivity index (χ1) is 14.6. The molecule has 1 aromatic carbocycles. The molecule has 0 unspecified atom stereocenters. The van der Waals surface area contributed by atoms with Gasteiger partial charge in [0.2, 0.25) is 15.9 Å². The van der Waals surface area contributed by atoms with Gasteiger partial charge in [-0.25, -0.2) is 13.1 Å². The minimum atomic E-state index is -3.48. The molecule has 0 aromatic heterocycles. The van der Waals surface area contributed by atoms with Gasteiger partial charge in [-0.3, -0.25) is 9.69 Å². The first-order valence-electron chi connectivity index (χ1n) is 10.1. The fourth-order valence-electron chi connectivity index (χ4n) is 5.89. The van der Waals surface area contributed by atoms with Gasteiger partial charge in [-0.15, -0.1) is 0 Å². The van der Waals surface area contributed by atoms with Crippen LogP contribution in [0.15, 0.2) is 12.1 Å². The summed E-state index contributed by atoms with van der Waals surface area (Å²) in [5, 5.41) is 9.54. The fraction of sp³-hybridized carbons (Fsp3) is 0.600. The van der Waals surface area contributed by atoms with E-state index in [9.17, 15) is 18.5 Å². The molecule has 2 bridgehead atoms. The molecular weight excluding hydrogens is 465 g/mol. The second-order valence-corrected chi connectivity index (χ2v) is 11.6. The van der Waals surface area contributed by atoms with E-state index < -0.39 is 39.4 Å². The van der Waals surface area contributed by atoms with E-state index in [0.717, 1.165) is 0 Å². The van der Waals surface area contributed by atoms with Gasteiger partial charge in [-0.05, 0) is 32.4 Å². The third-order valence-corrected chi connectivity index (χ3v) is 9.25. The molecule has 166 valence electrons. The average molecular weight is 486 g/mol. The van der Waals surface area contributed by atoms with Crippen molar-refractivity contribution in [3.63, 3.8) is 0 Å². The van der Waals surface area contributed by atoms with Gasteiger partial charge in [-0.1, -0.05) is 23.2 Å². The molecule has 31 heavy (non-hydrogen) atoms. The number of carbonyl (C=O) groups excluding carboxylic acids is 1. The second-order valence-electron chi connectivity index (χ2n) is 8.75. The number of rotatable bonds is 4. The van der Waals surface area contributed by atoms with Gasteiger partial charge in [0.25, 0.3) is 0 Å². The van der Waals surface area contributed by atoms with Gasteiger partial charge in [0.15, 0.2) is 0 Å². The maximum absolute atomic E-state index is 13.7. The Labute approximate surface area is 190 Å². The topological polar surface area (TPSA) is 109 Å². The molecule has 4 fully saturated rings. The van der Waals surface area contributed by atoms with Crippen LogP contribution in [0.1, 0.15) is 32.3 Å². The van der Waals surface area contributed by atoms with Crippen molar-refractivity contribution in [2.45, 2.75) is 50.2 Å². The Balaban J connectivity index is 1.58. The van der Waals surface area contributed by atoms with Gasteiger partial charge in [0, 0.05) is 18.0 Å². The van der Waals surface area contributed by atoms with Crippen molar-refractivity contribution in [3.8, 4) is 6.07 Å². The summed E-state index contributed by atoms with van der Waals surface area (Å²) in [5.74, 6) is -1.09. The summed E-state index contributed by atoms with van der Waals surface area (Å²) in [6.07, 6.45) is 0.497. The Morgan fingerprint density at radius 2 is 2.03 bits per heavy atom. The lowest BCUT2D eigenvalue weighted by Crippen LogP contribution is -2.58. The number of benzene rings is 1. The standard InChI is InChI=1S/C20H21Cl2N3O5S/c1-3-31(27,28)24-14-8-20-4-5-29-18-16(20)15(19(14,2)30-20)17(26)25(18)10-6-12(21)11(9-23)13(22)7-10/h6-7,14-16,18,24H,3-5,8H2,1-2H3/t14-,15-,16+,18+,19-,20+/m1/s1. The van der Waals surface area contributed by atoms with Crippen LogP contribution in [0.5, 0.6) is 0 Å². The summed E-state index contributed by atoms with van der Waals surface area (Å²) in [5.41, 5.74) is -1.05. The SMILES string of the molecule is CCS(=O)(=O)N[C@@H]1C[C@@]23CCO[C@H]4[C@@H]2[C@H](C(=O)N4c2cc(Cl)c(C#N)c(Cl)c2)[C@]1(C)O3. The van der Waals surface area contributed by atoms with Crippen molar-refractivity contribution in [1.82, 2.24) is 4.72 Å². The van der Waals surface area contributed by atoms with Crippen molar-refractivity contribution in [2.75, 3.05) is 17.3 Å². The molecule has 0 saturated carbocycles. The smallest absolute Gasteiger partial charge is 0.235 e. The van der Waals surface area contributed by atoms with E-state index in [-0.39, 0.29) is 33.2 Å². The van der Waals surface area contributed by atoms with Crippen LogP contribution in [0.2, 0.25) is 10.0 Å². The molecule has 4 heterocycles. The number of nitriles is 1. The minimum absolute atomic E-state index is 0.0469. The highest BCUT2D eigenvalue weighted by Crippen LogP contribution is 2.65. The number of hydrogen-bond acceptors (Lipinski definition) is 6. The van der Waals surface area contributed by atoms with E-state index in [1.807, 2.05) is 13.0 Å². The molecule has 8 nitrogen and oxygen atoms in total. The number of fused-ring (bicyclic) bond motifs is 2. The van der Waals surface area contributed by atoms with Crippen LogP contribution >= 0.6 is 23.2 Å². The molecular formula is C20H21Cl2N3O5S. The first kappa shape index (κ1) is 21.4. The van der Waals surface area contributed by atoms with Crippen molar-refractivity contribution in [2.24, 2.45) is 11.8 Å². The lowest BCUT2D eigenvalue weighted by atomic mass is 9.64. The second kappa shape index (κ2) is 6.80. The van der Waals surface area contributed by atoms with Crippen LogP contribution in [0.4, 0.5) is 5.69 Å². The number of halogens is 2. The average Bonchev–Trinajstić information content (AvgIpc) is 3.25. The van der Waals surface area contributed by atoms with Crippen LogP contribution in [-0.4, -0.2) is 50.2 Å². The number of amides is 1. The zero-order chi connectivity index (χ0) is 22.3. The lowest BCUT2D eigenvalue weighted by molar-refractivity contribution is -0.139. The molecule has 4 saturated heterocycles. The van der Waals surface area contributed by atoms with Crippen LogP contribution < -0.4 is 9.62 Å². The molecule has 6 atom stereocenters. The van der Waals surface area contributed by atoms with Crippen LogP contribution in [0.25, 0.3) is 0 Å². The summed E-state index contributed by atoms with van der Waals surface area (Å²) < 4.78 is 39.9. The van der Waals surface area contributed by atoms with Crippen LogP contribution in [0, 0.1) is 23.2 Å². The quantitative estimate of drug-likeness (QED) is 0.701. The van der Waals surface area contributed by atoms with Gasteiger partial charge < -0.3 is 9.47 Å². The number of anilines is 1.